The molecule has 7 heteroatoms. The van der Waals surface area contributed by atoms with Crippen molar-refractivity contribution >= 4 is 29.1 Å². The molecule has 0 aliphatic carbocycles. The number of rotatable bonds is 6. The number of nitrogens with zero attached hydrogens (tertiary/aromatic N) is 3. The van der Waals surface area contributed by atoms with Crippen LogP contribution in [-0.4, -0.2) is 41.2 Å². The third-order valence-electron chi connectivity index (χ3n) is 4.65. The number of aromatic nitrogens is 2. The Morgan fingerprint density at radius 3 is 2.61 bits per heavy atom. The second-order valence-corrected chi connectivity index (χ2v) is 7.59. The molecule has 0 fully saturated rings. The van der Waals surface area contributed by atoms with Crippen molar-refractivity contribution in [1.29, 1.82) is 0 Å². The van der Waals surface area contributed by atoms with Crippen LogP contribution >= 0.6 is 23.2 Å². The van der Waals surface area contributed by atoms with E-state index < -0.39 is 0 Å². The Morgan fingerprint density at radius 1 is 1.18 bits per heavy atom. The zero-order valence-corrected chi connectivity index (χ0v) is 17.5. The molecule has 1 amide bonds. The van der Waals surface area contributed by atoms with Gasteiger partial charge in [-0.25, -0.2) is 4.68 Å². The van der Waals surface area contributed by atoms with Crippen LogP contribution in [0.25, 0.3) is 5.69 Å². The predicted molar refractivity (Wildman–Crippen MR) is 114 cm³/mol. The van der Waals surface area contributed by atoms with Crippen molar-refractivity contribution in [3.63, 3.8) is 0 Å². The van der Waals surface area contributed by atoms with E-state index in [2.05, 4.69) is 10.4 Å². The molecule has 5 nitrogen and oxygen atoms in total. The average Bonchev–Trinajstić information content (AvgIpc) is 3.04. The van der Waals surface area contributed by atoms with Crippen LogP contribution in [0.5, 0.6) is 0 Å². The normalized spacial score (nSPS) is 12.2. The Labute approximate surface area is 174 Å². The van der Waals surface area contributed by atoms with Crippen LogP contribution in [0.1, 0.15) is 27.7 Å². The molecule has 0 radical (unpaired) electrons. The number of carbonyl (C=O) groups excluding carboxylic acids is 1. The fraction of sp³-hybridized carbons (Fsp3) is 0.238. The van der Waals surface area contributed by atoms with Crippen LogP contribution in [0.3, 0.4) is 0 Å². The Morgan fingerprint density at radius 2 is 1.93 bits per heavy atom. The van der Waals surface area contributed by atoms with Gasteiger partial charge < -0.3 is 10.2 Å². The zero-order chi connectivity index (χ0) is 20.3. The third kappa shape index (κ3) is 4.38. The molecule has 1 atom stereocenters. The van der Waals surface area contributed by atoms with Crippen LogP contribution in [0.4, 0.5) is 0 Å². The zero-order valence-electron chi connectivity index (χ0n) is 16.0. The van der Waals surface area contributed by atoms with Crippen LogP contribution in [0, 0.1) is 6.92 Å². The highest BCUT2D eigenvalue weighted by atomic mass is 35.5. The van der Waals surface area contributed by atoms with Gasteiger partial charge in [0.05, 0.1) is 29.2 Å². The van der Waals surface area contributed by atoms with E-state index in [1.165, 1.54) is 0 Å². The second-order valence-electron chi connectivity index (χ2n) is 6.75. The highest BCUT2D eigenvalue weighted by Crippen LogP contribution is 2.25. The van der Waals surface area contributed by atoms with E-state index >= 15 is 0 Å². The van der Waals surface area contributed by atoms with Gasteiger partial charge in [0.1, 0.15) is 0 Å². The highest BCUT2D eigenvalue weighted by Gasteiger charge is 2.20. The van der Waals surface area contributed by atoms with Crippen LogP contribution < -0.4 is 5.32 Å². The van der Waals surface area contributed by atoms with Gasteiger partial charge in [0.2, 0.25) is 0 Å². The summed E-state index contributed by atoms with van der Waals surface area (Å²) in [5.41, 5.74) is 3.06. The van der Waals surface area contributed by atoms with Gasteiger partial charge in [-0.3, -0.25) is 4.79 Å². The molecular weight excluding hydrogens is 395 g/mol. The fourth-order valence-corrected chi connectivity index (χ4v) is 3.55. The molecule has 3 rings (SSSR count). The minimum absolute atomic E-state index is 0.0408. The summed E-state index contributed by atoms with van der Waals surface area (Å²) in [7, 11) is 3.92. The molecule has 0 bridgehead atoms. The summed E-state index contributed by atoms with van der Waals surface area (Å²) in [5, 5.41) is 8.65. The molecule has 1 unspecified atom stereocenters. The lowest BCUT2D eigenvalue weighted by molar-refractivity contribution is 0.0941. The largest absolute Gasteiger partial charge is 0.350 e. The van der Waals surface area contributed by atoms with Gasteiger partial charge in [-0.1, -0.05) is 47.5 Å². The molecule has 1 aromatic heterocycles. The van der Waals surface area contributed by atoms with Crippen molar-refractivity contribution < 1.29 is 4.79 Å². The summed E-state index contributed by atoms with van der Waals surface area (Å²) in [6.07, 6.45) is 1.58. The quantitative estimate of drug-likeness (QED) is 0.642. The number of carbonyl (C=O) groups is 1. The van der Waals surface area contributed by atoms with E-state index in [-0.39, 0.29) is 11.9 Å². The number of benzene rings is 2. The van der Waals surface area contributed by atoms with Gasteiger partial charge in [0.15, 0.2) is 0 Å². The van der Waals surface area contributed by atoms with Crippen LogP contribution in [-0.2, 0) is 0 Å². The Bertz CT molecular complexity index is 984. The Hall–Kier alpha value is -2.34. The van der Waals surface area contributed by atoms with Crippen molar-refractivity contribution in [1.82, 2.24) is 20.0 Å². The van der Waals surface area contributed by atoms with E-state index in [0.717, 1.165) is 16.9 Å². The maximum absolute atomic E-state index is 12.8. The van der Waals surface area contributed by atoms with Gasteiger partial charge in [0, 0.05) is 16.6 Å². The molecule has 0 saturated carbocycles. The van der Waals surface area contributed by atoms with Crippen molar-refractivity contribution in [3.05, 3.63) is 81.6 Å². The molecule has 0 spiro atoms. The summed E-state index contributed by atoms with van der Waals surface area (Å²) < 4.78 is 1.71. The standard InChI is InChI=1S/C21H22Cl2N4O/c1-14-18(12-25-27(14)16-8-6-7-15(22)11-16)21(28)24-13-20(26(2)3)17-9-4-5-10-19(17)23/h4-12,20H,13H2,1-3H3,(H,24,28). The molecule has 146 valence electrons. The molecule has 1 N–H and O–H groups in total. The molecule has 1 heterocycles. The smallest absolute Gasteiger partial charge is 0.254 e. The second kappa shape index (κ2) is 8.78. The lowest BCUT2D eigenvalue weighted by Crippen LogP contribution is -2.34. The van der Waals surface area contributed by atoms with Crippen molar-refractivity contribution in [2.75, 3.05) is 20.6 Å². The molecule has 2 aromatic carbocycles. The number of nitrogens with one attached hydrogen (secondary N) is 1. The van der Waals surface area contributed by atoms with E-state index in [1.807, 2.05) is 68.4 Å². The van der Waals surface area contributed by atoms with Crippen LogP contribution in [0.2, 0.25) is 10.0 Å². The first-order valence-corrected chi connectivity index (χ1v) is 9.63. The Balaban J connectivity index is 1.77. The first-order valence-electron chi connectivity index (χ1n) is 8.88. The summed E-state index contributed by atoms with van der Waals surface area (Å²) in [6, 6.07) is 15.0. The lowest BCUT2D eigenvalue weighted by atomic mass is 10.1. The third-order valence-corrected chi connectivity index (χ3v) is 5.23. The maximum Gasteiger partial charge on any atom is 0.254 e. The summed E-state index contributed by atoms with van der Waals surface area (Å²) in [6.45, 7) is 2.29. The molecular formula is C21H22Cl2N4O. The summed E-state index contributed by atoms with van der Waals surface area (Å²) >= 11 is 12.4. The predicted octanol–water partition coefficient (Wildman–Crippen LogP) is 4.52. The fourth-order valence-electron chi connectivity index (χ4n) is 3.10. The van der Waals surface area contributed by atoms with Crippen molar-refractivity contribution in [2.24, 2.45) is 0 Å². The molecule has 3 aromatic rings. The summed E-state index contributed by atoms with van der Waals surface area (Å²) in [5.74, 6) is -0.176. The SMILES string of the molecule is Cc1c(C(=O)NCC(c2ccccc2Cl)N(C)C)cnn1-c1cccc(Cl)c1. The van der Waals surface area contributed by atoms with Gasteiger partial charge in [0.25, 0.3) is 5.91 Å². The van der Waals surface area contributed by atoms with Crippen LogP contribution in [0.15, 0.2) is 54.7 Å². The van der Waals surface area contributed by atoms with E-state index in [4.69, 9.17) is 23.2 Å². The highest BCUT2D eigenvalue weighted by molar-refractivity contribution is 6.31. The number of likely N-dealkylation sites (N-methyl/N-ethyl adjacent to an activating group) is 1. The van der Waals surface area contributed by atoms with Gasteiger partial charge in [-0.05, 0) is 50.8 Å². The number of hydrogen-bond donors (Lipinski definition) is 1. The van der Waals surface area contributed by atoms with Gasteiger partial charge in [-0.2, -0.15) is 5.10 Å². The molecule has 0 aliphatic heterocycles. The van der Waals surface area contributed by atoms with Gasteiger partial charge in [-0.15, -0.1) is 0 Å². The Kier molecular flexibility index (Phi) is 6.39. The van der Waals surface area contributed by atoms with Crippen molar-refractivity contribution in [3.8, 4) is 5.69 Å². The number of hydrogen-bond acceptors (Lipinski definition) is 3. The first-order chi connectivity index (χ1) is 13.4. The van der Waals surface area contributed by atoms with Crippen molar-refractivity contribution in [2.45, 2.75) is 13.0 Å². The molecule has 28 heavy (non-hydrogen) atoms. The minimum atomic E-state index is -0.176. The maximum atomic E-state index is 12.8. The number of amides is 1. The summed E-state index contributed by atoms with van der Waals surface area (Å²) in [4.78, 5) is 14.8. The van der Waals surface area contributed by atoms with E-state index in [1.54, 1.807) is 16.9 Å². The lowest BCUT2D eigenvalue weighted by Gasteiger charge is -2.26. The van der Waals surface area contributed by atoms with E-state index in [0.29, 0.717) is 22.2 Å². The van der Waals surface area contributed by atoms with E-state index in [9.17, 15) is 4.79 Å². The number of halogens is 2. The minimum Gasteiger partial charge on any atom is -0.350 e. The topological polar surface area (TPSA) is 50.2 Å². The average molecular weight is 417 g/mol. The molecule has 0 aliphatic rings. The molecule has 0 saturated heterocycles. The first kappa shape index (κ1) is 20.4. The van der Waals surface area contributed by atoms with Gasteiger partial charge >= 0.3 is 0 Å². The monoisotopic (exact) mass is 416 g/mol.